The lowest BCUT2D eigenvalue weighted by atomic mass is 10.00. The molecule has 4 rings (SSSR count). The summed E-state index contributed by atoms with van der Waals surface area (Å²) in [7, 11) is 3.06. The van der Waals surface area contributed by atoms with E-state index in [9.17, 15) is 9.59 Å². The number of hydrogen-bond donors (Lipinski definition) is 1. The minimum Gasteiger partial charge on any atom is -0.493 e. The fraction of sp³-hybridized carbons (Fsp3) is 0.318. The minimum atomic E-state index is -0.240. The van der Waals surface area contributed by atoms with Crippen molar-refractivity contribution in [3.8, 4) is 11.5 Å². The second-order valence-corrected chi connectivity index (χ2v) is 8.05. The molecule has 0 bridgehead atoms. The summed E-state index contributed by atoms with van der Waals surface area (Å²) < 4.78 is 10.5. The van der Waals surface area contributed by atoms with Gasteiger partial charge in [0.05, 0.1) is 36.6 Å². The van der Waals surface area contributed by atoms with E-state index in [0.717, 1.165) is 13.0 Å². The molecule has 0 atom stereocenters. The van der Waals surface area contributed by atoms with Crippen molar-refractivity contribution in [1.29, 1.82) is 0 Å². The number of nitrogens with one attached hydrogen (secondary N) is 1. The van der Waals surface area contributed by atoms with Crippen LogP contribution in [0.15, 0.2) is 41.2 Å². The highest BCUT2D eigenvalue weighted by Crippen LogP contribution is 2.30. The van der Waals surface area contributed by atoms with Crippen molar-refractivity contribution in [2.75, 3.05) is 26.5 Å². The van der Waals surface area contributed by atoms with Crippen molar-refractivity contribution < 1.29 is 14.3 Å². The number of hydrogen-bond acceptors (Lipinski definition) is 6. The van der Waals surface area contributed by atoms with E-state index in [1.165, 1.54) is 37.1 Å². The third-order valence-electron chi connectivity index (χ3n) is 5.21. The third-order valence-corrected chi connectivity index (χ3v) is 6.14. The first kappa shape index (κ1) is 20.3. The number of H-pyrrole nitrogens is 1. The molecule has 0 radical (unpaired) electrons. The van der Waals surface area contributed by atoms with Crippen LogP contribution in [0.2, 0.25) is 0 Å². The van der Waals surface area contributed by atoms with Gasteiger partial charge in [-0.1, -0.05) is 24.3 Å². The maximum Gasteiger partial charge on any atom is 0.258 e. The minimum absolute atomic E-state index is 0.101. The fourth-order valence-corrected chi connectivity index (χ4v) is 4.41. The predicted molar refractivity (Wildman–Crippen MR) is 117 cm³/mol. The largest absolute Gasteiger partial charge is 0.493 e. The third kappa shape index (κ3) is 4.14. The summed E-state index contributed by atoms with van der Waals surface area (Å²) in [5, 5.41) is 0.435. The molecule has 7 nitrogen and oxygen atoms in total. The Morgan fingerprint density at radius 2 is 1.90 bits per heavy atom. The zero-order valence-corrected chi connectivity index (χ0v) is 17.8. The molecule has 3 aromatic rings. The molecule has 0 spiro atoms. The Balaban J connectivity index is 1.41. The van der Waals surface area contributed by atoms with Gasteiger partial charge in [-0.05, 0) is 23.6 Å². The smallest absolute Gasteiger partial charge is 0.258 e. The molecule has 1 aromatic heterocycles. The number of ether oxygens (including phenoxy) is 2. The van der Waals surface area contributed by atoms with Crippen LogP contribution in [0.5, 0.6) is 11.5 Å². The van der Waals surface area contributed by atoms with E-state index in [0.29, 0.717) is 46.3 Å². The van der Waals surface area contributed by atoms with Gasteiger partial charge in [-0.3, -0.25) is 9.59 Å². The van der Waals surface area contributed by atoms with Crippen molar-refractivity contribution in [3.63, 3.8) is 0 Å². The molecule has 2 aromatic carbocycles. The molecule has 0 unspecified atom stereocenters. The summed E-state index contributed by atoms with van der Waals surface area (Å²) in [5.74, 6) is 2.41. The van der Waals surface area contributed by atoms with E-state index in [4.69, 9.17) is 9.47 Å². The van der Waals surface area contributed by atoms with Crippen LogP contribution >= 0.6 is 11.8 Å². The highest BCUT2D eigenvalue weighted by Gasteiger charge is 2.20. The van der Waals surface area contributed by atoms with E-state index in [-0.39, 0.29) is 11.5 Å². The van der Waals surface area contributed by atoms with E-state index in [1.807, 2.05) is 17.0 Å². The van der Waals surface area contributed by atoms with Gasteiger partial charge in [0.15, 0.2) is 11.5 Å². The van der Waals surface area contributed by atoms with E-state index < -0.39 is 0 Å². The Morgan fingerprint density at radius 3 is 2.67 bits per heavy atom. The predicted octanol–water partition coefficient (Wildman–Crippen LogP) is 2.76. The van der Waals surface area contributed by atoms with Gasteiger partial charge in [0.1, 0.15) is 5.82 Å². The first-order chi connectivity index (χ1) is 14.6. The monoisotopic (exact) mass is 425 g/mol. The van der Waals surface area contributed by atoms with Gasteiger partial charge in [0.2, 0.25) is 5.91 Å². The SMILES string of the molecule is COc1cc2nc(CSCC(=O)N3CCc4ccccc4C3)[nH]c(=O)c2cc1OC. The number of methoxy groups -OCH3 is 2. The lowest BCUT2D eigenvalue weighted by molar-refractivity contribution is -0.129. The maximum absolute atomic E-state index is 12.6. The van der Waals surface area contributed by atoms with Gasteiger partial charge < -0.3 is 19.4 Å². The van der Waals surface area contributed by atoms with Gasteiger partial charge >= 0.3 is 0 Å². The van der Waals surface area contributed by atoms with Gasteiger partial charge in [-0.25, -0.2) is 4.98 Å². The number of fused-ring (bicyclic) bond motifs is 2. The van der Waals surface area contributed by atoms with E-state index >= 15 is 0 Å². The summed E-state index contributed by atoms with van der Waals surface area (Å²) in [6.07, 6.45) is 0.886. The van der Waals surface area contributed by atoms with Crippen LogP contribution in [0.4, 0.5) is 0 Å². The van der Waals surface area contributed by atoms with Crippen LogP contribution in [0.1, 0.15) is 17.0 Å². The van der Waals surface area contributed by atoms with Gasteiger partial charge in [0.25, 0.3) is 5.56 Å². The molecule has 1 aliphatic heterocycles. The summed E-state index contributed by atoms with van der Waals surface area (Å²) >= 11 is 1.44. The fourth-order valence-electron chi connectivity index (χ4n) is 3.62. The summed E-state index contributed by atoms with van der Waals surface area (Å²) in [6.45, 7) is 1.39. The average Bonchev–Trinajstić information content (AvgIpc) is 2.77. The second-order valence-electron chi connectivity index (χ2n) is 7.06. The van der Waals surface area contributed by atoms with E-state index in [2.05, 4.69) is 22.1 Å². The molecular formula is C22H23N3O4S. The Bertz CT molecular complexity index is 1140. The Morgan fingerprint density at radius 1 is 1.17 bits per heavy atom. The van der Waals surface area contributed by atoms with E-state index in [1.54, 1.807) is 12.1 Å². The molecule has 0 aliphatic carbocycles. The summed E-state index contributed by atoms with van der Waals surface area (Å²) in [6, 6.07) is 11.6. The number of aromatic nitrogens is 2. The second kappa shape index (κ2) is 8.79. The van der Waals surface area contributed by atoms with Crippen LogP contribution in [0.3, 0.4) is 0 Å². The lowest BCUT2D eigenvalue weighted by Crippen LogP contribution is -2.37. The van der Waals surface area contributed by atoms with Crippen molar-refractivity contribution in [1.82, 2.24) is 14.9 Å². The van der Waals surface area contributed by atoms with Crippen molar-refractivity contribution >= 4 is 28.6 Å². The molecule has 1 N–H and O–H groups in total. The van der Waals surface area contributed by atoms with Gasteiger partial charge in [-0.2, -0.15) is 0 Å². The zero-order chi connectivity index (χ0) is 21.1. The van der Waals surface area contributed by atoms with Crippen LogP contribution in [-0.4, -0.2) is 47.3 Å². The lowest BCUT2D eigenvalue weighted by Gasteiger charge is -2.28. The number of aromatic amines is 1. The summed E-state index contributed by atoms with van der Waals surface area (Å²) in [4.78, 5) is 34.3. The van der Waals surface area contributed by atoms with Crippen LogP contribution in [0.25, 0.3) is 10.9 Å². The highest BCUT2D eigenvalue weighted by atomic mass is 32.2. The molecule has 0 saturated heterocycles. The first-order valence-corrected chi connectivity index (χ1v) is 10.8. The molecule has 156 valence electrons. The topological polar surface area (TPSA) is 84.5 Å². The Hall–Kier alpha value is -3.00. The molecule has 30 heavy (non-hydrogen) atoms. The quantitative estimate of drug-likeness (QED) is 0.654. The van der Waals surface area contributed by atoms with Gasteiger partial charge in [0, 0.05) is 19.2 Å². The number of carbonyl (C=O) groups is 1. The average molecular weight is 426 g/mol. The highest BCUT2D eigenvalue weighted by molar-refractivity contribution is 7.99. The molecule has 8 heteroatoms. The molecule has 1 aliphatic rings. The van der Waals surface area contributed by atoms with Crippen LogP contribution in [0, 0.1) is 0 Å². The van der Waals surface area contributed by atoms with Crippen LogP contribution < -0.4 is 15.0 Å². The Labute approximate surface area is 178 Å². The maximum atomic E-state index is 12.6. The molecule has 0 fully saturated rings. The van der Waals surface area contributed by atoms with Gasteiger partial charge in [-0.15, -0.1) is 11.8 Å². The van der Waals surface area contributed by atoms with Crippen molar-refractivity contribution in [2.24, 2.45) is 0 Å². The number of benzene rings is 2. The number of thioether (sulfide) groups is 1. The normalized spacial score (nSPS) is 13.2. The number of nitrogens with zero attached hydrogens (tertiary/aromatic N) is 2. The molecule has 0 saturated carbocycles. The van der Waals surface area contributed by atoms with Crippen LogP contribution in [-0.2, 0) is 23.5 Å². The molecular weight excluding hydrogens is 402 g/mol. The molecule has 2 heterocycles. The summed E-state index contributed by atoms with van der Waals surface area (Å²) in [5.41, 5.74) is 2.83. The first-order valence-electron chi connectivity index (χ1n) is 9.66. The number of rotatable bonds is 6. The Kier molecular flexibility index (Phi) is 5.94. The standard InChI is InChI=1S/C22H23N3O4S/c1-28-18-9-16-17(10-19(18)29-2)23-20(24-22(16)27)12-30-13-21(26)25-8-7-14-5-3-4-6-15(14)11-25/h3-6,9-10H,7-8,11-13H2,1-2H3,(H,23,24,27). The van der Waals surface area contributed by atoms with Crippen molar-refractivity contribution in [2.45, 2.75) is 18.7 Å². The van der Waals surface area contributed by atoms with Crippen molar-refractivity contribution in [3.05, 3.63) is 63.7 Å². The zero-order valence-electron chi connectivity index (χ0n) is 16.9. The molecule has 1 amide bonds. The number of carbonyl (C=O) groups excluding carboxylic acids is 1. The number of amides is 1.